The molecule has 2 nitrogen and oxygen atoms in total. The molecular formula is C59H41NO. The fourth-order valence-electron chi connectivity index (χ4n) is 8.99. The fraction of sp³-hybridized carbons (Fsp3) is 0.0169. The highest BCUT2D eigenvalue weighted by molar-refractivity contribution is 6.14. The number of nitrogens with zero attached hydrogens (tertiary/aromatic N) is 1. The zero-order valence-electron chi connectivity index (χ0n) is 33.8. The van der Waals surface area contributed by atoms with E-state index in [9.17, 15) is 0 Å². The van der Waals surface area contributed by atoms with Gasteiger partial charge < -0.3 is 9.32 Å². The van der Waals surface area contributed by atoms with Gasteiger partial charge in [-0.1, -0.05) is 188 Å². The molecule has 0 aliphatic carbocycles. The number of fused-ring (bicyclic) bond motifs is 4. The Bertz CT molecular complexity index is 3340. The molecule has 0 bridgehead atoms. The Balaban J connectivity index is 0.953. The highest BCUT2D eigenvalue weighted by Gasteiger charge is 2.19. The lowest BCUT2D eigenvalue weighted by Crippen LogP contribution is -2.10. The van der Waals surface area contributed by atoms with Crippen LogP contribution in [0, 0.1) is 6.92 Å². The molecular weight excluding hydrogens is 739 g/mol. The van der Waals surface area contributed by atoms with Gasteiger partial charge >= 0.3 is 0 Å². The average Bonchev–Trinajstić information content (AvgIpc) is 3.68. The smallest absolute Gasteiger partial charge is 0.138 e. The Morgan fingerprint density at radius 1 is 0.328 bits per heavy atom. The molecule has 0 spiro atoms. The van der Waals surface area contributed by atoms with Crippen LogP contribution in [0.25, 0.3) is 88.3 Å². The van der Waals surface area contributed by atoms with Crippen LogP contribution >= 0.6 is 0 Å². The molecule has 0 unspecified atom stereocenters. The van der Waals surface area contributed by atoms with Crippen LogP contribution in [0.1, 0.15) is 5.56 Å². The van der Waals surface area contributed by atoms with Crippen LogP contribution in [-0.4, -0.2) is 0 Å². The lowest BCUT2D eigenvalue weighted by Gasteiger charge is -2.28. The van der Waals surface area contributed by atoms with Crippen molar-refractivity contribution in [2.45, 2.75) is 6.92 Å². The number of furan rings is 1. The first-order chi connectivity index (χ1) is 30.2. The molecule has 0 atom stereocenters. The molecule has 2 heteroatoms. The van der Waals surface area contributed by atoms with Gasteiger partial charge in [-0.25, -0.2) is 0 Å². The Morgan fingerprint density at radius 2 is 0.803 bits per heavy atom. The van der Waals surface area contributed by atoms with Gasteiger partial charge in [0.2, 0.25) is 0 Å². The van der Waals surface area contributed by atoms with E-state index in [0.29, 0.717) is 0 Å². The SMILES string of the molecule is Cc1c(-c2cccc(-c3ccc(-c4ccc(N(c5ccc(-c6ccccc6-c6ccccc6)cc5)c5cc6ccccc6c6ccccc56)cc4)cc3)c2)oc2ccccc12. The van der Waals surface area contributed by atoms with Gasteiger partial charge in [-0.15, -0.1) is 0 Å². The van der Waals surface area contributed by atoms with Crippen molar-refractivity contribution in [3.63, 3.8) is 0 Å². The molecule has 0 aliphatic heterocycles. The first-order valence-corrected chi connectivity index (χ1v) is 20.9. The Morgan fingerprint density at radius 3 is 1.48 bits per heavy atom. The lowest BCUT2D eigenvalue weighted by atomic mass is 9.94. The molecule has 1 aromatic heterocycles. The number of hydrogen-bond donors (Lipinski definition) is 0. The van der Waals surface area contributed by atoms with Gasteiger partial charge in [0, 0.05) is 33.3 Å². The molecule has 1 heterocycles. The van der Waals surface area contributed by atoms with E-state index in [-0.39, 0.29) is 0 Å². The summed E-state index contributed by atoms with van der Waals surface area (Å²) in [5.41, 5.74) is 16.0. The molecule has 0 fully saturated rings. The van der Waals surface area contributed by atoms with Crippen molar-refractivity contribution in [1.29, 1.82) is 0 Å². The van der Waals surface area contributed by atoms with Gasteiger partial charge in [0.25, 0.3) is 0 Å². The Hall–Kier alpha value is -7.94. The van der Waals surface area contributed by atoms with Crippen molar-refractivity contribution in [1.82, 2.24) is 0 Å². The predicted octanol–water partition coefficient (Wildman–Crippen LogP) is 16.9. The summed E-state index contributed by atoms with van der Waals surface area (Å²) in [6.45, 7) is 2.14. The third kappa shape index (κ3) is 6.65. The Labute approximate surface area is 356 Å². The second-order valence-corrected chi connectivity index (χ2v) is 15.7. The molecule has 11 rings (SSSR count). The molecule has 0 amide bonds. The number of anilines is 3. The topological polar surface area (TPSA) is 16.4 Å². The van der Waals surface area contributed by atoms with Crippen LogP contribution in [0.3, 0.4) is 0 Å². The third-order valence-electron chi connectivity index (χ3n) is 12.1. The minimum atomic E-state index is 0.920. The number of benzene rings is 10. The van der Waals surface area contributed by atoms with Crippen molar-refractivity contribution >= 4 is 49.6 Å². The molecule has 61 heavy (non-hydrogen) atoms. The van der Waals surface area contributed by atoms with E-state index in [2.05, 4.69) is 230 Å². The van der Waals surface area contributed by atoms with Crippen molar-refractivity contribution in [3.05, 3.63) is 236 Å². The third-order valence-corrected chi connectivity index (χ3v) is 12.1. The number of rotatable bonds is 8. The normalized spacial score (nSPS) is 11.4. The van der Waals surface area contributed by atoms with Crippen LogP contribution in [0.4, 0.5) is 17.1 Å². The summed E-state index contributed by atoms with van der Waals surface area (Å²) in [6.07, 6.45) is 0. The second kappa shape index (κ2) is 15.3. The molecule has 0 N–H and O–H groups in total. The van der Waals surface area contributed by atoms with Gasteiger partial charge in [0.1, 0.15) is 11.3 Å². The first-order valence-electron chi connectivity index (χ1n) is 20.9. The van der Waals surface area contributed by atoms with Crippen molar-refractivity contribution in [2.24, 2.45) is 0 Å². The van der Waals surface area contributed by atoms with Crippen molar-refractivity contribution in [3.8, 4) is 55.8 Å². The standard InChI is InChI=1S/C59H41NO/c1-40-51-19-11-12-25-58(51)61-59(40)48-18-13-17-46(38-48)43-28-26-41(27-29-43)42-30-34-49(35-31-42)60(57-39-47-16-5-6-22-54(47)55-23-9-10-24-56(55)57)50-36-32-45(33-37-50)53-21-8-7-20-52(53)44-14-3-2-4-15-44/h2-39H,1H3. The molecule has 10 aromatic carbocycles. The molecule has 0 saturated heterocycles. The first kappa shape index (κ1) is 36.2. The monoisotopic (exact) mass is 779 g/mol. The summed E-state index contributed by atoms with van der Waals surface area (Å²) >= 11 is 0. The van der Waals surface area contributed by atoms with Gasteiger partial charge in [0.15, 0.2) is 0 Å². The summed E-state index contributed by atoms with van der Waals surface area (Å²) in [5.74, 6) is 0.926. The summed E-state index contributed by atoms with van der Waals surface area (Å²) < 4.78 is 6.31. The van der Waals surface area contributed by atoms with Crippen LogP contribution in [-0.2, 0) is 0 Å². The minimum Gasteiger partial charge on any atom is -0.456 e. The zero-order valence-corrected chi connectivity index (χ0v) is 33.8. The molecule has 0 saturated carbocycles. The van der Waals surface area contributed by atoms with Crippen LogP contribution in [0.15, 0.2) is 235 Å². The van der Waals surface area contributed by atoms with E-state index in [4.69, 9.17) is 4.42 Å². The molecule has 0 aliphatic rings. The van der Waals surface area contributed by atoms with Crippen LogP contribution < -0.4 is 4.90 Å². The highest BCUT2D eigenvalue weighted by Crippen LogP contribution is 2.44. The van der Waals surface area contributed by atoms with E-state index in [0.717, 1.165) is 50.5 Å². The van der Waals surface area contributed by atoms with E-state index < -0.39 is 0 Å². The highest BCUT2D eigenvalue weighted by atomic mass is 16.3. The maximum atomic E-state index is 6.31. The summed E-state index contributed by atoms with van der Waals surface area (Å²) in [6, 6.07) is 83.0. The number of aryl methyl sites for hydroxylation is 1. The van der Waals surface area contributed by atoms with E-state index in [1.54, 1.807) is 0 Å². The molecule has 11 aromatic rings. The zero-order chi connectivity index (χ0) is 40.7. The molecule has 288 valence electrons. The average molecular weight is 780 g/mol. The number of hydrogen-bond acceptors (Lipinski definition) is 2. The van der Waals surface area contributed by atoms with Crippen LogP contribution in [0.5, 0.6) is 0 Å². The quantitative estimate of drug-likeness (QED) is 0.143. The van der Waals surface area contributed by atoms with E-state index >= 15 is 0 Å². The maximum Gasteiger partial charge on any atom is 0.138 e. The Kier molecular flexibility index (Phi) is 9.09. The summed E-state index contributed by atoms with van der Waals surface area (Å²) in [7, 11) is 0. The van der Waals surface area contributed by atoms with Crippen molar-refractivity contribution in [2.75, 3.05) is 4.90 Å². The van der Waals surface area contributed by atoms with E-state index in [1.807, 2.05) is 12.1 Å². The van der Waals surface area contributed by atoms with E-state index in [1.165, 1.54) is 60.5 Å². The van der Waals surface area contributed by atoms with Gasteiger partial charge in [-0.05, 0) is 110 Å². The summed E-state index contributed by atoms with van der Waals surface area (Å²) in [5, 5.41) is 6.07. The van der Waals surface area contributed by atoms with Gasteiger partial charge in [0.05, 0.1) is 5.69 Å². The predicted molar refractivity (Wildman–Crippen MR) is 258 cm³/mol. The van der Waals surface area contributed by atoms with Crippen molar-refractivity contribution < 1.29 is 4.42 Å². The number of para-hydroxylation sites is 1. The summed E-state index contributed by atoms with van der Waals surface area (Å²) in [4.78, 5) is 2.41. The largest absolute Gasteiger partial charge is 0.456 e. The second-order valence-electron chi connectivity index (χ2n) is 15.7. The van der Waals surface area contributed by atoms with Gasteiger partial charge in [-0.3, -0.25) is 0 Å². The van der Waals surface area contributed by atoms with Crippen LogP contribution in [0.2, 0.25) is 0 Å². The van der Waals surface area contributed by atoms with Gasteiger partial charge in [-0.2, -0.15) is 0 Å². The minimum absolute atomic E-state index is 0.920. The molecule has 0 radical (unpaired) electrons. The fourth-order valence-corrected chi connectivity index (χ4v) is 8.99. The maximum absolute atomic E-state index is 6.31. The lowest BCUT2D eigenvalue weighted by molar-refractivity contribution is 0.629.